The summed E-state index contributed by atoms with van der Waals surface area (Å²) >= 11 is 0. The fraction of sp³-hybridized carbons (Fsp3) is 0.737. The van der Waals surface area contributed by atoms with Crippen LogP contribution < -0.4 is 4.90 Å². The second-order valence-electron chi connectivity index (χ2n) is 8.28. The van der Waals surface area contributed by atoms with Gasteiger partial charge < -0.3 is 14.5 Å². The van der Waals surface area contributed by atoms with E-state index in [2.05, 4.69) is 20.0 Å². The first-order chi connectivity index (χ1) is 12.4. The van der Waals surface area contributed by atoms with Crippen LogP contribution in [0.4, 0.5) is 10.6 Å². The molecule has 2 aliphatic heterocycles. The Morgan fingerprint density at radius 1 is 1.15 bits per heavy atom. The molecule has 2 fully saturated rings. The molecule has 3 heterocycles. The van der Waals surface area contributed by atoms with E-state index in [1.807, 2.05) is 37.8 Å². The van der Waals surface area contributed by atoms with Crippen LogP contribution in [0.3, 0.4) is 0 Å². The van der Waals surface area contributed by atoms with Crippen molar-refractivity contribution in [1.29, 1.82) is 0 Å². The predicted molar refractivity (Wildman–Crippen MR) is 101 cm³/mol. The molecule has 0 N–H and O–H groups in total. The van der Waals surface area contributed by atoms with E-state index in [4.69, 9.17) is 4.74 Å². The highest BCUT2D eigenvalue weighted by molar-refractivity contribution is 5.68. The van der Waals surface area contributed by atoms with Crippen LogP contribution in [0.5, 0.6) is 0 Å². The topological polar surface area (TPSA) is 61.8 Å². The number of amides is 1. The minimum Gasteiger partial charge on any atom is -0.444 e. The fourth-order valence-electron chi connectivity index (χ4n) is 3.61. The number of anilines is 1. The summed E-state index contributed by atoms with van der Waals surface area (Å²) in [5, 5.41) is 8.18. The van der Waals surface area contributed by atoms with Gasteiger partial charge >= 0.3 is 6.09 Å². The Morgan fingerprint density at radius 2 is 1.85 bits per heavy atom. The van der Waals surface area contributed by atoms with E-state index in [0.29, 0.717) is 0 Å². The number of aromatic nitrogens is 2. The Hall–Kier alpha value is -1.89. The summed E-state index contributed by atoms with van der Waals surface area (Å²) in [5.41, 5.74) is -0.425. The summed E-state index contributed by atoms with van der Waals surface area (Å²) in [7, 11) is 0. The lowest BCUT2D eigenvalue weighted by atomic mass is 9.96. The molecule has 0 atom stereocenters. The lowest BCUT2D eigenvalue weighted by Crippen LogP contribution is -2.51. The van der Waals surface area contributed by atoms with E-state index in [0.717, 1.165) is 57.5 Å². The number of nitrogens with zero attached hydrogens (tertiary/aromatic N) is 5. The van der Waals surface area contributed by atoms with Gasteiger partial charge in [0.05, 0.1) is 0 Å². The molecule has 0 spiro atoms. The van der Waals surface area contributed by atoms with Crippen molar-refractivity contribution in [2.24, 2.45) is 5.92 Å². The zero-order valence-corrected chi connectivity index (χ0v) is 16.2. The van der Waals surface area contributed by atoms with Crippen LogP contribution in [0.25, 0.3) is 0 Å². The summed E-state index contributed by atoms with van der Waals surface area (Å²) in [5.74, 6) is 1.70. The molecule has 1 aromatic rings. The number of hydrogen-bond donors (Lipinski definition) is 0. The maximum absolute atomic E-state index is 12.1. The van der Waals surface area contributed by atoms with Crippen molar-refractivity contribution in [3.8, 4) is 0 Å². The van der Waals surface area contributed by atoms with Gasteiger partial charge in [-0.05, 0) is 51.7 Å². The average Bonchev–Trinajstić information content (AvgIpc) is 2.62. The quantitative estimate of drug-likeness (QED) is 0.823. The molecular weight excluding hydrogens is 330 g/mol. The van der Waals surface area contributed by atoms with Crippen molar-refractivity contribution in [2.45, 2.75) is 39.2 Å². The van der Waals surface area contributed by atoms with Crippen molar-refractivity contribution >= 4 is 11.9 Å². The Morgan fingerprint density at radius 3 is 2.42 bits per heavy atom. The molecule has 2 aliphatic rings. The van der Waals surface area contributed by atoms with E-state index in [1.54, 1.807) is 6.20 Å². The second-order valence-corrected chi connectivity index (χ2v) is 8.28. The van der Waals surface area contributed by atoms with E-state index in [-0.39, 0.29) is 6.09 Å². The monoisotopic (exact) mass is 361 g/mol. The molecule has 0 aromatic carbocycles. The number of piperazine rings is 1. The van der Waals surface area contributed by atoms with E-state index in [9.17, 15) is 4.79 Å². The summed E-state index contributed by atoms with van der Waals surface area (Å²) in [6.07, 6.45) is 3.90. The van der Waals surface area contributed by atoms with Gasteiger partial charge in [-0.2, -0.15) is 5.10 Å². The molecule has 3 rings (SSSR count). The van der Waals surface area contributed by atoms with Gasteiger partial charge in [-0.3, -0.25) is 4.90 Å². The minimum atomic E-state index is -0.425. The number of hydrogen-bond acceptors (Lipinski definition) is 6. The predicted octanol–water partition coefficient (Wildman–Crippen LogP) is 2.25. The fourth-order valence-corrected chi connectivity index (χ4v) is 3.61. The Balaban J connectivity index is 1.38. The first kappa shape index (κ1) is 18.9. The Labute approximate surface area is 156 Å². The van der Waals surface area contributed by atoms with Crippen LogP contribution in [0.15, 0.2) is 18.3 Å². The molecular formula is C19H31N5O2. The van der Waals surface area contributed by atoms with Crippen molar-refractivity contribution in [1.82, 2.24) is 20.0 Å². The first-order valence-corrected chi connectivity index (χ1v) is 9.64. The SMILES string of the molecule is CC(C)(C)OC(=O)N1CCN(CC2CCN(c3cccnn3)CC2)CC1. The van der Waals surface area contributed by atoms with Gasteiger partial charge in [-0.15, -0.1) is 5.10 Å². The highest BCUT2D eigenvalue weighted by Crippen LogP contribution is 2.22. The average molecular weight is 361 g/mol. The van der Waals surface area contributed by atoms with Gasteiger partial charge in [-0.1, -0.05) is 0 Å². The lowest BCUT2D eigenvalue weighted by Gasteiger charge is -2.39. The molecule has 2 saturated heterocycles. The third kappa shape index (κ3) is 5.30. The molecule has 0 radical (unpaired) electrons. The number of rotatable bonds is 3. The Kier molecular flexibility index (Phi) is 5.96. The zero-order chi connectivity index (χ0) is 18.6. The zero-order valence-electron chi connectivity index (χ0n) is 16.2. The van der Waals surface area contributed by atoms with Gasteiger partial charge in [0.2, 0.25) is 0 Å². The molecule has 0 bridgehead atoms. The van der Waals surface area contributed by atoms with Crippen molar-refractivity contribution in [3.63, 3.8) is 0 Å². The highest BCUT2D eigenvalue weighted by atomic mass is 16.6. The van der Waals surface area contributed by atoms with Crippen LogP contribution >= 0.6 is 0 Å². The summed E-state index contributed by atoms with van der Waals surface area (Å²) in [6.45, 7) is 12.3. The van der Waals surface area contributed by atoms with Crippen molar-refractivity contribution in [2.75, 3.05) is 50.7 Å². The van der Waals surface area contributed by atoms with Crippen LogP contribution in [0.1, 0.15) is 33.6 Å². The minimum absolute atomic E-state index is 0.186. The Bertz CT molecular complexity index is 573. The molecule has 7 nitrogen and oxygen atoms in total. The normalized spacial score (nSPS) is 20.3. The molecule has 0 unspecified atom stereocenters. The maximum Gasteiger partial charge on any atom is 0.410 e. The highest BCUT2D eigenvalue weighted by Gasteiger charge is 2.28. The molecule has 0 aliphatic carbocycles. The third-order valence-corrected chi connectivity index (χ3v) is 5.04. The van der Waals surface area contributed by atoms with Crippen LogP contribution in [0.2, 0.25) is 0 Å². The van der Waals surface area contributed by atoms with Crippen LogP contribution in [0, 0.1) is 5.92 Å². The van der Waals surface area contributed by atoms with Gasteiger partial charge in [0.25, 0.3) is 0 Å². The van der Waals surface area contributed by atoms with Crippen LogP contribution in [-0.2, 0) is 4.74 Å². The van der Waals surface area contributed by atoms with Gasteiger partial charge in [0.15, 0.2) is 5.82 Å². The van der Waals surface area contributed by atoms with Crippen molar-refractivity contribution < 1.29 is 9.53 Å². The lowest BCUT2D eigenvalue weighted by molar-refractivity contribution is 0.0130. The summed E-state index contributed by atoms with van der Waals surface area (Å²) in [4.78, 5) is 18.8. The van der Waals surface area contributed by atoms with E-state index < -0.39 is 5.60 Å². The molecule has 0 saturated carbocycles. The number of piperidine rings is 1. The third-order valence-electron chi connectivity index (χ3n) is 5.04. The molecule has 1 aromatic heterocycles. The summed E-state index contributed by atoms with van der Waals surface area (Å²) in [6, 6.07) is 3.97. The van der Waals surface area contributed by atoms with Gasteiger partial charge in [0, 0.05) is 52.0 Å². The number of carbonyl (C=O) groups is 1. The van der Waals surface area contributed by atoms with E-state index >= 15 is 0 Å². The second kappa shape index (κ2) is 8.20. The number of carbonyl (C=O) groups excluding carboxylic acids is 1. The first-order valence-electron chi connectivity index (χ1n) is 9.64. The van der Waals surface area contributed by atoms with E-state index in [1.165, 1.54) is 12.8 Å². The van der Waals surface area contributed by atoms with Crippen LogP contribution in [-0.4, -0.2) is 77.5 Å². The van der Waals surface area contributed by atoms with Gasteiger partial charge in [-0.25, -0.2) is 4.79 Å². The smallest absolute Gasteiger partial charge is 0.410 e. The standard InChI is InChI=1S/C19H31N5O2/c1-19(2,3)26-18(25)24-13-11-22(12-14-24)15-16-6-9-23(10-7-16)17-5-4-8-20-21-17/h4-5,8,16H,6-7,9-15H2,1-3H3. The molecule has 7 heteroatoms. The molecule has 26 heavy (non-hydrogen) atoms. The summed E-state index contributed by atoms with van der Waals surface area (Å²) < 4.78 is 5.47. The number of ether oxygens (including phenoxy) is 1. The maximum atomic E-state index is 12.1. The molecule has 144 valence electrons. The van der Waals surface area contributed by atoms with Crippen molar-refractivity contribution in [3.05, 3.63) is 18.3 Å². The van der Waals surface area contributed by atoms with Gasteiger partial charge in [0.1, 0.15) is 5.60 Å². The molecule has 1 amide bonds. The largest absolute Gasteiger partial charge is 0.444 e.